The van der Waals surface area contributed by atoms with Crippen molar-refractivity contribution < 1.29 is 9.59 Å². The van der Waals surface area contributed by atoms with Crippen LogP contribution < -0.4 is 16.6 Å². The summed E-state index contributed by atoms with van der Waals surface area (Å²) >= 11 is 0. The highest BCUT2D eigenvalue weighted by Crippen LogP contribution is 2.20. The standard InChI is InChI=1S/C25H25N3O4/c29-22(19-10-6-9-18(15-19)17-7-2-1-3-8-17)16-26-23(30)13-14-28-21-12-5-4-11-20(21)24(31)27-25(28)32/h1-3,6-10,15H,4-5,11-14,16H2,(H,26,30)(H,27,31,32). The third-order valence-electron chi connectivity index (χ3n) is 5.80. The lowest BCUT2D eigenvalue weighted by atomic mass is 9.97. The average molecular weight is 431 g/mol. The Labute approximate surface area is 185 Å². The maximum absolute atomic E-state index is 12.6. The molecule has 1 heterocycles. The van der Waals surface area contributed by atoms with Crippen LogP contribution in [0.4, 0.5) is 0 Å². The van der Waals surface area contributed by atoms with Crippen molar-refractivity contribution in [2.24, 2.45) is 0 Å². The third-order valence-corrected chi connectivity index (χ3v) is 5.80. The van der Waals surface area contributed by atoms with Gasteiger partial charge in [-0.2, -0.15) is 0 Å². The number of nitrogens with one attached hydrogen (secondary N) is 2. The zero-order valence-electron chi connectivity index (χ0n) is 17.7. The zero-order valence-corrected chi connectivity index (χ0v) is 17.7. The van der Waals surface area contributed by atoms with Crippen LogP contribution in [0.5, 0.6) is 0 Å². The Bertz CT molecular complexity index is 1260. The maximum atomic E-state index is 12.6. The summed E-state index contributed by atoms with van der Waals surface area (Å²) in [5.41, 5.74) is 3.03. The van der Waals surface area contributed by atoms with Gasteiger partial charge in [0.05, 0.1) is 6.54 Å². The molecule has 7 nitrogen and oxygen atoms in total. The fourth-order valence-electron chi connectivity index (χ4n) is 4.12. The van der Waals surface area contributed by atoms with Gasteiger partial charge >= 0.3 is 5.69 Å². The zero-order chi connectivity index (χ0) is 22.5. The van der Waals surface area contributed by atoms with E-state index in [1.54, 1.807) is 6.07 Å². The Morgan fingerprint density at radius 3 is 2.50 bits per heavy atom. The van der Waals surface area contributed by atoms with Crippen LogP contribution in [0.15, 0.2) is 64.2 Å². The molecule has 0 atom stereocenters. The second-order valence-electron chi connectivity index (χ2n) is 7.94. The van der Waals surface area contributed by atoms with E-state index in [4.69, 9.17) is 0 Å². The van der Waals surface area contributed by atoms with E-state index in [1.807, 2.05) is 48.5 Å². The Morgan fingerprint density at radius 1 is 0.938 bits per heavy atom. The molecule has 3 aromatic rings. The molecule has 1 aromatic heterocycles. The first-order valence-corrected chi connectivity index (χ1v) is 10.8. The van der Waals surface area contributed by atoms with Crippen molar-refractivity contribution in [1.82, 2.24) is 14.9 Å². The minimum Gasteiger partial charge on any atom is -0.349 e. The van der Waals surface area contributed by atoms with Gasteiger partial charge in [0.15, 0.2) is 5.78 Å². The number of nitrogens with zero attached hydrogens (tertiary/aromatic N) is 1. The molecule has 2 aromatic carbocycles. The van der Waals surface area contributed by atoms with Gasteiger partial charge in [-0.25, -0.2) is 4.79 Å². The Hall–Kier alpha value is -3.74. The van der Waals surface area contributed by atoms with Crippen LogP contribution in [0, 0.1) is 0 Å². The van der Waals surface area contributed by atoms with E-state index in [-0.39, 0.29) is 36.8 Å². The van der Waals surface area contributed by atoms with Crippen LogP contribution >= 0.6 is 0 Å². The number of H-pyrrole nitrogens is 1. The van der Waals surface area contributed by atoms with Crippen molar-refractivity contribution in [2.45, 2.75) is 38.6 Å². The van der Waals surface area contributed by atoms with Crippen LogP contribution in [-0.2, 0) is 24.2 Å². The highest BCUT2D eigenvalue weighted by molar-refractivity contribution is 6.00. The summed E-state index contributed by atoms with van der Waals surface area (Å²) in [6, 6.07) is 17.1. The van der Waals surface area contributed by atoms with Gasteiger partial charge in [-0.15, -0.1) is 0 Å². The molecular formula is C25H25N3O4. The summed E-state index contributed by atoms with van der Waals surface area (Å²) in [5, 5.41) is 2.65. The first kappa shape index (κ1) is 21.5. The van der Waals surface area contributed by atoms with Crippen LogP contribution in [-0.4, -0.2) is 27.8 Å². The van der Waals surface area contributed by atoms with Crippen molar-refractivity contribution in [3.05, 3.63) is 92.3 Å². The van der Waals surface area contributed by atoms with E-state index < -0.39 is 5.69 Å². The van der Waals surface area contributed by atoms with Gasteiger partial charge in [0.2, 0.25) is 5.91 Å². The predicted octanol–water partition coefficient (Wildman–Crippen LogP) is 2.47. The first-order chi connectivity index (χ1) is 15.5. The van der Waals surface area contributed by atoms with Gasteiger partial charge in [-0.05, 0) is 42.9 Å². The molecule has 0 radical (unpaired) electrons. The maximum Gasteiger partial charge on any atom is 0.328 e. The number of fused-ring (bicyclic) bond motifs is 1. The molecule has 164 valence electrons. The molecule has 1 aliphatic rings. The van der Waals surface area contributed by atoms with Crippen molar-refractivity contribution in [3.8, 4) is 11.1 Å². The van der Waals surface area contributed by atoms with E-state index >= 15 is 0 Å². The molecule has 0 saturated carbocycles. The van der Waals surface area contributed by atoms with Gasteiger partial charge in [-0.3, -0.25) is 23.9 Å². The Morgan fingerprint density at radius 2 is 1.69 bits per heavy atom. The minimum atomic E-state index is -0.489. The summed E-state index contributed by atoms with van der Waals surface area (Å²) < 4.78 is 1.49. The lowest BCUT2D eigenvalue weighted by Gasteiger charge is -2.19. The second kappa shape index (κ2) is 9.60. The number of aromatic nitrogens is 2. The van der Waals surface area contributed by atoms with Gasteiger partial charge in [0.25, 0.3) is 5.56 Å². The number of amides is 1. The van der Waals surface area contributed by atoms with Gasteiger partial charge < -0.3 is 5.32 Å². The van der Waals surface area contributed by atoms with Crippen molar-refractivity contribution in [1.29, 1.82) is 0 Å². The Kier molecular flexibility index (Phi) is 6.44. The first-order valence-electron chi connectivity index (χ1n) is 10.8. The summed E-state index contributed by atoms with van der Waals surface area (Å²) in [5.74, 6) is -0.505. The molecule has 0 aliphatic heterocycles. The highest BCUT2D eigenvalue weighted by atomic mass is 16.2. The fraction of sp³-hybridized carbons (Fsp3) is 0.280. The summed E-state index contributed by atoms with van der Waals surface area (Å²) in [7, 11) is 0. The monoisotopic (exact) mass is 431 g/mol. The molecule has 1 aliphatic carbocycles. The van der Waals surface area contributed by atoms with Crippen LogP contribution in [0.1, 0.15) is 40.9 Å². The third kappa shape index (κ3) is 4.77. The van der Waals surface area contributed by atoms with Gasteiger partial charge in [0, 0.05) is 29.8 Å². The molecular weight excluding hydrogens is 406 g/mol. The van der Waals surface area contributed by atoms with E-state index in [0.717, 1.165) is 29.7 Å². The summed E-state index contributed by atoms with van der Waals surface area (Å²) in [6.07, 6.45) is 3.19. The summed E-state index contributed by atoms with van der Waals surface area (Å²) in [4.78, 5) is 51.5. The lowest BCUT2D eigenvalue weighted by Crippen LogP contribution is -2.38. The SMILES string of the molecule is O=C(CCn1c2c(c(=O)[nH]c1=O)CCCC2)NCC(=O)c1cccc(-c2ccccc2)c1. The number of carbonyl (C=O) groups is 2. The predicted molar refractivity (Wildman–Crippen MR) is 122 cm³/mol. The quantitative estimate of drug-likeness (QED) is 0.561. The van der Waals surface area contributed by atoms with Crippen LogP contribution in [0.25, 0.3) is 11.1 Å². The summed E-state index contributed by atoms with van der Waals surface area (Å²) in [6.45, 7) is 0.0527. The van der Waals surface area contributed by atoms with Crippen molar-refractivity contribution >= 4 is 11.7 Å². The molecule has 0 bridgehead atoms. The fourth-order valence-corrected chi connectivity index (χ4v) is 4.12. The van der Waals surface area contributed by atoms with E-state index in [1.165, 1.54) is 4.57 Å². The van der Waals surface area contributed by atoms with Crippen LogP contribution in [0.3, 0.4) is 0 Å². The molecule has 7 heteroatoms. The molecule has 1 amide bonds. The number of rotatable bonds is 7. The smallest absolute Gasteiger partial charge is 0.328 e. The average Bonchev–Trinajstić information content (AvgIpc) is 2.83. The molecule has 4 rings (SSSR count). The van der Waals surface area contributed by atoms with Gasteiger partial charge in [0.1, 0.15) is 0 Å². The van der Waals surface area contributed by atoms with Crippen LogP contribution in [0.2, 0.25) is 0 Å². The van der Waals surface area contributed by atoms with E-state index in [2.05, 4.69) is 10.3 Å². The lowest BCUT2D eigenvalue weighted by molar-refractivity contribution is -0.121. The molecule has 32 heavy (non-hydrogen) atoms. The number of Topliss-reactive ketones (excluding diaryl/α,β-unsaturated/α-hetero) is 1. The van der Waals surface area contributed by atoms with Gasteiger partial charge in [-0.1, -0.05) is 48.5 Å². The van der Waals surface area contributed by atoms with E-state index in [9.17, 15) is 19.2 Å². The Balaban J connectivity index is 1.37. The topological polar surface area (TPSA) is 101 Å². The number of ketones is 1. The number of carbonyl (C=O) groups excluding carboxylic acids is 2. The number of aromatic amines is 1. The second-order valence-corrected chi connectivity index (χ2v) is 7.94. The molecule has 0 unspecified atom stereocenters. The largest absolute Gasteiger partial charge is 0.349 e. The molecule has 0 fully saturated rings. The minimum absolute atomic E-state index is 0.0513. The van der Waals surface area contributed by atoms with Crippen molar-refractivity contribution in [2.75, 3.05) is 6.54 Å². The number of hydrogen-bond donors (Lipinski definition) is 2. The molecule has 2 N–H and O–H groups in total. The number of benzene rings is 2. The molecule has 0 saturated heterocycles. The van der Waals surface area contributed by atoms with Crippen molar-refractivity contribution in [3.63, 3.8) is 0 Å². The molecule has 0 spiro atoms. The normalized spacial score (nSPS) is 12.8. The highest BCUT2D eigenvalue weighted by Gasteiger charge is 2.19. The number of hydrogen-bond acceptors (Lipinski definition) is 4. The van der Waals surface area contributed by atoms with E-state index in [0.29, 0.717) is 24.0 Å².